The first-order valence-corrected chi connectivity index (χ1v) is 5.10. The molecular formula is C11H23NO3S. The van der Waals surface area contributed by atoms with Crippen LogP contribution in [0.4, 0.5) is 4.79 Å². The highest BCUT2D eigenvalue weighted by atomic mass is 32.1. The molecule has 1 atom stereocenters. The molecular weight excluding hydrogens is 226 g/mol. The summed E-state index contributed by atoms with van der Waals surface area (Å²) < 4.78 is 5.06. The Balaban J connectivity index is 0. The third-order valence-electron chi connectivity index (χ3n) is 1.66. The summed E-state index contributed by atoms with van der Waals surface area (Å²) in [6, 6.07) is -0.266. The summed E-state index contributed by atoms with van der Waals surface area (Å²) in [6.07, 6.45) is 2.67. The molecule has 0 heterocycles. The lowest BCUT2D eigenvalue weighted by Crippen LogP contribution is -2.40. The molecule has 0 unspecified atom stereocenters. The van der Waals surface area contributed by atoms with Crippen molar-refractivity contribution in [3.05, 3.63) is 12.7 Å². The van der Waals surface area contributed by atoms with Crippen LogP contribution in [0.2, 0.25) is 0 Å². The Morgan fingerprint density at radius 2 is 2.12 bits per heavy atom. The summed E-state index contributed by atoms with van der Waals surface area (Å²) in [5.41, 5.74) is -0.511. The van der Waals surface area contributed by atoms with Crippen molar-refractivity contribution in [2.45, 2.75) is 45.3 Å². The molecule has 2 N–H and O–H groups in total. The Morgan fingerprint density at radius 1 is 1.56 bits per heavy atom. The quantitative estimate of drug-likeness (QED) is 0.732. The van der Waals surface area contributed by atoms with Crippen molar-refractivity contribution in [1.29, 1.82) is 0 Å². The molecule has 0 aromatic heterocycles. The van der Waals surface area contributed by atoms with E-state index < -0.39 is 11.7 Å². The van der Waals surface area contributed by atoms with Gasteiger partial charge in [0, 0.05) is 0 Å². The van der Waals surface area contributed by atoms with Gasteiger partial charge in [0.05, 0.1) is 12.6 Å². The van der Waals surface area contributed by atoms with Gasteiger partial charge in [-0.25, -0.2) is 4.79 Å². The molecule has 0 aromatic rings. The van der Waals surface area contributed by atoms with Crippen molar-refractivity contribution in [3.63, 3.8) is 0 Å². The number of carbonyl (C=O) groups excluding carboxylic acids is 1. The van der Waals surface area contributed by atoms with E-state index in [1.165, 1.54) is 0 Å². The average Bonchev–Trinajstić information content (AvgIpc) is 2.09. The Hall–Kier alpha value is -0.680. The number of allylic oxidation sites excluding steroid dienone is 1. The predicted octanol–water partition coefficient (Wildman–Crippen LogP) is 1.95. The third kappa shape index (κ3) is 9.86. The summed E-state index contributed by atoms with van der Waals surface area (Å²) >= 11 is 0. The molecule has 0 spiro atoms. The van der Waals surface area contributed by atoms with Gasteiger partial charge in [-0.05, 0) is 33.6 Å². The van der Waals surface area contributed by atoms with Crippen LogP contribution >= 0.6 is 13.5 Å². The van der Waals surface area contributed by atoms with E-state index in [9.17, 15) is 4.79 Å². The highest BCUT2D eigenvalue weighted by Crippen LogP contribution is 2.07. The van der Waals surface area contributed by atoms with Crippen molar-refractivity contribution in [1.82, 2.24) is 5.32 Å². The minimum Gasteiger partial charge on any atom is -0.444 e. The molecule has 0 fully saturated rings. The van der Waals surface area contributed by atoms with E-state index in [-0.39, 0.29) is 26.1 Å². The van der Waals surface area contributed by atoms with Crippen molar-refractivity contribution < 1.29 is 14.6 Å². The van der Waals surface area contributed by atoms with Gasteiger partial charge in [-0.2, -0.15) is 13.5 Å². The second-order valence-corrected chi connectivity index (χ2v) is 4.39. The number of nitrogens with one attached hydrogen (secondary N) is 1. The molecule has 0 saturated heterocycles. The zero-order chi connectivity index (χ0) is 11.9. The molecule has 0 aliphatic heterocycles. The van der Waals surface area contributed by atoms with Crippen molar-refractivity contribution >= 4 is 19.6 Å². The Kier molecular flexibility index (Phi) is 9.37. The number of carbonyl (C=O) groups is 1. The van der Waals surface area contributed by atoms with Gasteiger partial charge in [0.2, 0.25) is 0 Å². The molecule has 96 valence electrons. The van der Waals surface area contributed by atoms with Gasteiger partial charge in [0.25, 0.3) is 0 Å². The van der Waals surface area contributed by atoms with E-state index in [0.717, 1.165) is 6.42 Å². The van der Waals surface area contributed by atoms with Gasteiger partial charge in [0.15, 0.2) is 0 Å². The molecule has 4 nitrogen and oxygen atoms in total. The summed E-state index contributed by atoms with van der Waals surface area (Å²) in [6.45, 7) is 8.88. The lowest BCUT2D eigenvalue weighted by molar-refractivity contribution is 0.0479. The molecule has 0 rings (SSSR count). The van der Waals surface area contributed by atoms with E-state index in [1.54, 1.807) is 26.8 Å². The standard InChI is InChI=1S/C11H21NO3.H2S/c1-5-6-7-9(8-13)12-10(14)15-11(2,3)4;/h5,9,13H,1,6-8H2,2-4H3,(H,12,14);1H2/t9-;/m0./s1. The average molecular weight is 249 g/mol. The fraction of sp³-hybridized carbons (Fsp3) is 0.727. The van der Waals surface area contributed by atoms with Gasteiger partial charge in [-0.1, -0.05) is 6.08 Å². The number of aliphatic hydroxyl groups is 1. The monoisotopic (exact) mass is 249 g/mol. The van der Waals surface area contributed by atoms with Crippen LogP contribution in [0.5, 0.6) is 0 Å². The lowest BCUT2D eigenvalue weighted by atomic mass is 10.1. The molecule has 0 saturated carbocycles. The van der Waals surface area contributed by atoms with Gasteiger partial charge >= 0.3 is 6.09 Å². The number of amides is 1. The first-order chi connectivity index (χ1) is 6.89. The maximum absolute atomic E-state index is 11.3. The van der Waals surface area contributed by atoms with Gasteiger partial charge in [-0.3, -0.25) is 0 Å². The molecule has 1 amide bonds. The molecule has 5 heteroatoms. The first kappa shape index (κ1) is 17.7. The molecule has 0 bridgehead atoms. The SMILES string of the molecule is C=CCC[C@@H](CO)NC(=O)OC(C)(C)C.S. The van der Waals surface area contributed by atoms with Crippen LogP contribution in [0.15, 0.2) is 12.7 Å². The van der Waals surface area contributed by atoms with Crippen molar-refractivity contribution in [2.24, 2.45) is 0 Å². The fourth-order valence-electron chi connectivity index (χ4n) is 1.00. The van der Waals surface area contributed by atoms with Crippen LogP contribution < -0.4 is 5.32 Å². The number of hydrogen-bond donors (Lipinski definition) is 2. The molecule has 0 radical (unpaired) electrons. The van der Waals surface area contributed by atoms with E-state index in [0.29, 0.717) is 6.42 Å². The van der Waals surface area contributed by atoms with Gasteiger partial charge in [-0.15, -0.1) is 6.58 Å². The summed E-state index contributed by atoms with van der Waals surface area (Å²) in [4.78, 5) is 11.3. The molecule has 0 aliphatic carbocycles. The second-order valence-electron chi connectivity index (χ2n) is 4.39. The summed E-state index contributed by atoms with van der Waals surface area (Å²) in [5, 5.41) is 11.6. The van der Waals surface area contributed by atoms with Gasteiger partial charge in [0.1, 0.15) is 5.60 Å². The van der Waals surface area contributed by atoms with E-state index >= 15 is 0 Å². The minimum absolute atomic E-state index is 0. The summed E-state index contributed by atoms with van der Waals surface area (Å²) in [7, 11) is 0. The number of alkyl carbamates (subject to hydrolysis) is 1. The zero-order valence-corrected chi connectivity index (χ0v) is 11.2. The molecule has 16 heavy (non-hydrogen) atoms. The summed E-state index contributed by atoms with van der Waals surface area (Å²) in [5.74, 6) is 0. The smallest absolute Gasteiger partial charge is 0.407 e. The predicted molar refractivity (Wildman–Crippen MR) is 70.1 cm³/mol. The van der Waals surface area contributed by atoms with Crippen LogP contribution in [0.1, 0.15) is 33.6 Å². The van der Waals surface area contributed by atoms with Crippen LogP contribution in [-0.2, 0) is 4.74 Å². The second kappa shape index (κ2) is 8.47. The van der Waals surface area contributed by atoms with E-state index in [4.69, 9.17) is 9.84 Å². The zero-order valence-electron chi connectivity index (χ0n) is 10.2. The highest BCUT2D eigenvalue weighted by Gasteiger charge is 2.18. The van der Waals surface area contributed by atoms with Crippen molar-refractivity contribution in [3.8, 4) is 0 Å². The van der Waals surface area contributed by atoms with E-state index in [1.807, 2.05) is 0 Å². The van der Waals surface area contributed by atoms with E-state index in [2.05, 4.69) is 11.9 Å². The Labute approximate surface area is 105 Å². The molecule has 0 aliphatic rings. The van der Waals surface area contributed by atoms with Crippen molar-refractivity contribution in [2.75, 3.05) is 6.61 Å². The maximum Gasteiger partial charge on any atom is 0.407 e. The minimum atomic E-state index is -0.511. The molecule has 0 aromatic carbocycles. The van der Waals surface area contributed by atoms with Crippen LogP contribution in [0.25, 0.3) is 0 Å². The van der Waals surface area contributed by atoms with Crippen LogP contribution in [0.3, 0.4) is 0 Å². The first-order valence-electron chi connectivity index (χ1n) is 5.10. The van der Waals surface area contributed by atoms with Crippen LogP contribution in [-0.4, -0.2) is 29.4 Å². The number of hydrogen-bond acceptors (Lipinski definition) is 3. The normalized spacial score (nSPS) is 12.2. The largest absolute Gasteiger partial charge is 0.444 e. The third-order valence-corrected chi connectivity index (χ3v) is 1.66. The highest BCUT2D eigenvalue weighted by molar-refractivity contribution is 7.59. The van der Waals surface area contributed by atoms with Crippen LogP contribution in [0, 0.1) is 0 Å². The fourth-order valence-corrected chi connectivity index (χ4v) is 1.00. The number of rotatable bonds is 5. The number of aliphatic hydroxyl groups excluding tert-OH is 1. The number of ether oxygens (including phenoxy) is 1. The topological polar surface area (TPSA) is 58.6 Å². The van der Waals surface area contributed by atoms with Gasteiger partial charge < -0.3 is 15.2 Å². The Bertz CT molecular complexity index is 214. The lowest BCUT2D eigenvalue weighted by Gasteiger charge is -2.22. The maximum atomic E-state index is 11.3. The Morgan fingerprint density at radius 3 is 2.50 bits per heavy atom.